The maximum Gasteiger partial charge on any atom is 0.351 e. The monoisotopic (exact) mass is 520 g/mol. The second-order valence-corrected chi connectivity index (χ2v) is 9.68. The van der Waals surface area contributed by atoms with Gasteiger partial charge in [0.2, 0.25) is 0 Å². The van der Waals surface area contributed by atoms with Gasteiger partial charge in [-0.15, -0.1) is 11.3 Å². The summed E-state index contributed by atoms with van der Waals surface area (Å²) in [6.07, 6.45) is 3.63. The van der Waals surface area contributed by atoms with Crippen molar-refractivity contribution in [3.63, 3.8) is 0 Å². The van der Waals surface area contributed by atoms with Crippen LogP contribution in [0.3, 0.4) is 0 Å². The Morgan fingerprint density at radius 3 is 2.59 bits per heavy atom. The molecule has 8 heteroatoms. The van der Waals surface area contributed by atoms with E-state index in [9.17, 15) is 4.79 Å². The molecule has 1 saturated heterocycles. The van der Waals surface area contributed by atoms with Gasteiger partial charge in [-0.25, -0.2) is 4.79 Å². The van der Waals surface area contributed by atoms with Crippen LogP contribution in [0.1, 0.15) is 35.4 Å². The summed E-state index contributed by atoms with van der Waals surface area (Å²) in [5, 5.41) is 1.21. The summed E-state index contributed by atoms with van der Waals surface area (Å²) in [5.41, 5.74) is 2.47. The average molecular weight is 521 g/mol. The predicted molar refractivity (Wildman–Crippen MR) is 136 cm³/mol. The SMILES string of the molecule is COC(=O)c1sc(-c2ccccc2Cl)c(-c2ccc(Cl)cc2)c1OCCCOC1CCCCO1. The van der Waals surface area contributed by atoms with Gasteiger partial charge in [0.15, 0.2) is 16.9 Å². The topological polar surface area (TPSA) is 54.0 Å². The van der Waals surface area contributed by atoms with Crippen molar-refractivity contribution in [1.29, 1.82) is 0 Å². The van der Waals surface area contributed by atoms with Crippen molar-refractivity contribution >= 4 is 40.5 Å². The Hall–Kier alpha value is -2.09. The van der Waals surface area contributed by atoms with Crippen LogP contribution in [0.15, 0.2) is 48.5 Å². The number of hydrogen-bond donors (Lipinski definition) is 0. The minimum Gasteiger partial charge on any atom is -0.491 e. The van der Waals surface area contributed by atoms with Crippen LogP contribution in [0.4, 0.5) is 0 Å². The number of ether oxygens (including phenoxy) is 4. The van der Waals surface area contributed by atoms with Crippen LogP contribution in [-0.4, -0.2) is 39.2 Å². The Bertz CT molecular complexity index is 1110. The molecule has 180 valence electrons. The highest BCUT2D eigenvalue weighted by Gasteiger charge is 2.28. The van der Waals surface area contributed by atoms with Gasteiger partial charge in [0.05, 0.1) is 20.3 Å². The van der Waals surface area contributed by atoms with Crippen molar-refractivity contribution in [1.82, 2.24) is 0 Å². The van der Waals surface area contributed by atoms with Crippen molar-refractivity contribution in [3.8, 4) is 27.3 Å². The number of carbonyl (C=O) groups is 1. The van der Waals surface area contributed by atoms with Crippen LogP contribution < -0.4 is 4.74 Å². The van der Waals surface area contributed by atoms with Gasteiger partial charge in [-0.2, -0.15) is 0 Å². The number of carbonyl (C=O) groups excluding carboxylic acids is 1. The Morgan fingerprint density at radius 1 is 1.09 bits per heavy atom. The molecular formula is C26H26Cl2O5S. The lowest BCUT2D eigenvalue weighted by molar-refractivity contribution is -0.163. The Labute approximate surface area is 213 Å². The van der Waals surface area contributed by atoms with Crippen LogP contribution in [-0.2, 0) is 14.2 Å². The lowest BCUT2D eigenvalue weighted by atomic mass is 10.0. The Balaban J connectivity index is 1.64. The van der Waals surface area contributed by atoms with E-state index in [0.717, 1.165) is 47.4 Å². The summed E-state index contributed by atoms with van der Waals surface area (Å²) >= 11 is 14.0. The van der Waals surface area contributed by atoms with E-state index < -0.39 is 5.97 Å². The third-order valence-electron chi connectivity index (χ3n) is 5.46. The first-order valence-corrected chi connectivity index (χ1v) is 12.8. The van der Waals surface area contributed by atoms with Crippen LogP contribution in [0.5, 0.6) is 5.75 Å². The first-order chi connectivity index (χ1) is 16.6. The molecule has 0 radical (unpaired) electrons. The molecule has 2 aromatic carbocycles. The van der Waals surface area contributed by atoms with E-state index in [0.29, 0.717) is 40.3 Å². The highest BCUT2D eigenvalue weighted by atomic mass is 35.5. The van der Waals surface area contributed by atoms with Crippen molar-refractivity contribution in [2.75, 3.05) is 26.9 Å². The standard InChI is InChI=1S/C26H26Cl2O5S/c1-30-26(29)25-23(33-16-6-15-32-21-9-4-5-14-31-21)22(17-10-12-18(27)13-11-17)24(34-25)19-7-2-3-8-20(19)28/h2-3,7-8,10-13,21H,4-6,9,14-16H2,1H3. The molecule has 1 unspecified atom stereocenters. The fourth-order valence-corrected chi connectivity index (χ4v) is 5.42. The molecule has 34 heavy (non-hydrogen) atoms. The zero-order valence-corrected chi connectivity index (χ0v) is 21.2. The van der Waals surface area contributed by atoms with E-state index in [2.05, 4.69) is 0 Å². The van der Waals surface area contributed by atoms with E-state index in [1.165, 1.54) is 18.4 Å². The van der Waals surface area contributed by atoms with Gasteiger partial charge >= 0.3 is 5.97 Å². The molecule has 5 nitrogen and oxygen atoms in total. The number of methoxy groups -OCH3 is 1. The van der Waals surface area contributed by atoms with Gasteiger partial charge in [-0.05, 0) is 43.0 Å². The molecule has 0 bridgehead atoms. The third kappa shape index (κ3) is 5.93. The molecule has 0 spiro atoms. The molecule has 0 aliphatic carbocycles. The molecule has 3 aromatic rings. The molecule has 4 rings (SSSR count). The maximum atomic E-state index is 12.7. The second kappa shape index (κ2) is 12.0. The fourth-order valence-electron chi connectivity index (χ4n) is 3.79. The number of rotatable bonds is 9. The van der Waals surface area contributed by atoms with Crippen molar-refractivity contribution in [2.24, 2.45) is 0 Å². The lowest BCUT2D eigenvalue weighted by Crippen LogP contribution is -2.23. The largest absolute Gasteiger partial charge is 0.491 e. The smallest absolute Gasteiger partial charge is 0.351 e. The molecule has 1 aromatic heterocycles. The number of benzene rings is 2. The summed E-state index contributed by atoms with van der Waals surface area (Å²) in [5.74, 6) is 0.0170. The molecule has 1 aliphatic rings. The number of esters is 1. The summed E-state index contributed by atoms with van der Waals surface area (Å²) in [4.78, 5) is 13.9. The summed E-state index contributed by atoms with van der Waals surface area (Å²) < 4.78 is 22.7. The zero-order valence-electron chi connectivity index (χ0n) is 18.9. The molecule has 1 aliphatic heterocycles. The van der Waals surface area contributed by atoms with Crippen LogP contribution in [0, 0.1) is 0 Å². The Morgan fingerprint density at radius 2 is 1.88 bits per heavy atom. The highest BCUT2D eigenvalue weighted by molar-refractivity contribution is 7.18. The first-order valence-electron chi connectivity index (χ1n) is 11.2. The van der Waals surface area contributed by atoms with Gasteiger partial charge < -0.3 is 18.9 Å². The predicted octanol–water partition coefficient (Wildman–Crippen LogP) is 7.49. The summed E-state index contributed by atoms with van der Waals surface area (Å²) in [6.45, 7) is 1.62. The lowest BCUT2D eigenvalue weighted by Gasteiger charge is -2.22. The van der Waals surface area contributed by atoms with Crippen LogP contribution >= 0.6 is 34.5 Å². The summed E-state index contributed by atoms with van der Waals surface area (Å²) in [7, 11) is 1.36. The van der Waals surface area contributed by atoms with E-state index in [1.807, 2.05) is 48.5 Å². The van der Waals surface area contributed by atoms with Crippen molar-refractivity contribution < 1.29 is 23.7 Å². The molecule has 1 fully saturated rings. The van der Waals surface area contributed by atoms with E-state index in [-0.39, 0.29) is 6.29 Å². The van der Waals surface area contributed by atoms with E-state index >= 15 is 0 Å². The number of halogens is 2. The molecular weight excluding hydrogens is 495 g/mol. The van der Waals surface area contributed by atoms with Crippen LogP contribution in [0.25, 0.3) is 21.6 Å². The molecule has 0 N–H and O–H groups in total. The van der Waals surface area contributed by atoms with Gasteiger partial charge in [0.1, 0.15) is 0 Å². The van der Waals surface area contributed by atoms with E-state index in [1.54, 1.807) is 0 Å². The quantitative estimate of drug-likeness (QED) is 0.216. The highest BCUT2D eigenvalue weighted by Crippen LogP contribution is 2.50. The first kappa shape index (κ1) is 25.0. The minimum atomic E-state index is -0.458. The van der Waals surface area contributed by atoms with E-state index in [4.69, 9.17) is 42.1 Å². The average Bonchev–Trinajstić information content (AvgIpc) is 3.24. The van der Waals surface area contributed by atoms with Crippen molar-refractivity contribution in [2.45, 2.75) is 32.0 Å². The zero-order chi connectivity index (χ0) is 23.9. The maximum absolute atomic E-state index is 12.7. The molecule has 2 heterocycles. The van der Waals surface area contributed by atoms with Gasteiger partial charge in [0, 0.05) is 39.1 Å². The summed E-state index contributed by atoms with van der Waals surface area (Å²) in [6, 6.07) is 15.0. The molecule has 0 saturated carbocycles. The molecule has 0 amide bonds. The number of thiophene rings is 1. The molecule has 1 atom stereocenters. The Kier molecular flexibility index (Phi) is 8.86. The third-order valence-corrected chi connectivity index (χ3v) is 7.23. The minimum absolute atomic E-state index is 0.142. The normalized spacial score (nSPS) is 15.8. The second-order valence-electron chi connectivity index (χ2n) is 7.81. The van der Waals surface area contributed by atoms with Gasteiger partial charge in [0.25, 0.3) is 0 Å². The van der Waals surface area contributed by atoms with Gasteiger partial charge in [-0.1, -0.05) is 53.5 Å². The van der Waals surface area contributed by atoms with Crippen molar-refractivity contribution in [3.05, 3.63) is 63.5 Å². The van der Waals surface area contributed by atoms with Gasteiger partial charge in [-0.3, -0.25) is 0 Å². The number of hydrogen-bond acceptors (Lipinski definition) is 6. The fraction of sp³-hybridized carbons (Fsp3) is 0.346. The van der Waals surface area contributed by atoms with Crippen LogP contribution in [0.2, 0.25) is 10.0 Å².